The van der Waals surface area contributed by atoms with Crippen LogP contribution in [-0.2, 0) is 9.53 Å². The van der Waals surface area contributed by atoms with E-state index in [4.69, 9.17) is 4.74 Å². The third kappa shape index (κ3) is 3.69. The van der Waals surface area contributed by atoms with Gasteiger partial charge in [-0.3, -0.25) is 4.79 Å². The molecule has 3 nitrogen and oxygen atoms in total. The zero-order chi connectivity index (χ0) is 12.0. The molecule has 1 aromatic rings. The minimum absolute atomic E-state index is 0.139. The van der Waals surface area contributed by atoms with Crippen LogP contribution in [0, 0.1) is 0 Å². The van der Waals surface area contributed by atoms with E-state index in [-0.39, 0.29) is 6.61 Å². The highest BCUT2D eigenvalue weighted by Gasteiger charge is 2.16. The normalized spacial score (nSPS) is 9.38. The second kappa shape index (κ2) is 5.85. The van der Waals surface area contributed by atoms with E-state index in [0.717, 1.165) is 5.57 Å². The first kappa shape index (κ1) is 12.2. The smallest absolute Gasteiger partial charge is 0.379 e. The molecule has 0 amide bonds. The van der Waals surface area contributed by atoms with E-state index in [1.807, 2.05) is 13.8 Å². The van der Waals surface area contributed by atoms with E-state index in [2.05, 4.69) is 0 Å². The fourth-order valence-corrected chi connectivity index (χ4v) is 1.06. The number of allylic oxidation sites excluding steroid dienone is 1. The van der Waals surface area contributed by atoms with Crippen LogP contribution in [0.5, 0.6) is 0 Å². The third-order valence-corrected chi connectivity index (χ3v) is 1.93. The van der Waals surface area contributed by atoms with Gasteiger partial charge in [0.15, 0.2) is 0 Å². The van der Waals surface area contributed by atoms with Gasteiger partial charge < -0.3 is 4.74 Å². The van der Waals surface area contributed by atoms with Crippen molar-refractivity contribution in [2.45, 2.75) is 13.8 Å². The summed E-state index contributed by atoms with van der Waals surface area (Å²) in [6.07, 6.45) is 1.75. The van der Waals surface area contributed by atoms with E-state index in [1.165, 1.54) is 0 Å². The zero-order valence-electron chi connectivity index (χ0n) is 9.40. The van der Waals surface area contributed by atoms with Crippen LogP contribution in [0.3, 0.4) is 0 Å². The molecule has 0 heterocycles. The molecule has 0 bridgehead atoms. The van der Waals surface area contributed by atoms with Crippen LogP contribution < -0.4 is 0 Å². The minimum atomic E-state index is -0.816. The Morgan fingerprint density at radius 2 is 1.81 bits per heavy atom. The summed E-state index contributed by atoms with van der Waals surface area (Å²) in [5, 5.41) is 0. The Balaban J connectivity index is 2.56. The Kier molecular flexibility index (Phi) is 4.45. The van der Waals surface area contributed by atoms with Crippen LogP contribution in [0.4, 0.5) is 0 Å². The maximum Gasteiger partial charge on any atom is 0.379 e. The Labute approximate surface area is 94.7 Å². The fraction of sp³-hybridized carbons (Fsp3) is 0.231. The molecule has 0 saturated carbocycles. The summed E-state index contributed by atoms with van der Waals surface area (Å²) in [6.45, 7) is 3.93. The zero-order valence-corrected chi connectivity index (χ0v) is 9.40. The van der Waals surface area contributed by atoms with Gasteiger partial charge in [-0.1, -0.05) is 35.9 Å². The van der Waals surface area contributed by atoms with Crippen LogP contribution in [-0.4, -0.2) is 18.4 Å². The summed E-state index contributed by atoms with van der Waals surface area (Å²) in [5.74, 6) is -1.42. The number of hydrogen-bond acceptors (Lipinski definition) is 3. The van der Waals surface area contributed by atoms with Gasteiger partial charge in [0.05, 0.1) is 0 Å². The van der Waals surface area contributed by atoms with E-state index < -0.39 is 11.8 Å². The van der Waals surface area contributed by atoms with Crippen LogP contribution >= 0.6 is 0 Å². The number of hydrogen-bond donors (Lipinski definition) is 0. The van der Waals surface area contributed by atoms with Crippen molar-refractivity contribution < 1.29 is 14.3 Å². The summed E-state index contributed by atoms with van der Waals surface area (Å²) < 4.78 is 4.80. The lowest BCUT2D eigenvalue weighted by molar-refractivity contribution is -0.136. The monoisotopic (exact) mass is 218 g/mol. The highest BCUT2D eigenvalue weighted by atomic mass is 16.5. The Hall–Kier alpha value is -1.90. The van der Waals surface area contributed by atoms with Crippen LogP contribution in [0.2, 0.25) is 0 Å². The lowest BCUT2D eigenvalue weighted by Crippen LogP contribution is -2.17. The van der Waals surface area contributed by atoms with Crippen LogP contribution in [0.25, 0.3) is 0 Å². The molecule has 0 aliphatic carbocycles. The van der Waals surface area contributed by atoms with E-state index in [9.17, 15) is 9.59 Å². The summed E-state index contributed by atoms with van der Waals surface area (Å²) in [5.41, 5.74) is 1.39. The summed E-state index contributed by atoms with van der Waals surface area (Å²) in [7, 11) is 0. The lowest BCUT2D eigenvalue weighted by atomic mass is 10.1. The van der Waals surface area contributed by atoms with Crippen molar-refractivity contribution in [1.82, 2.24) is 0 Å². The number of Topliss-reactive ketones (excluding diaryl/α,β-unsaturated/α-hetero) is 1. The SMILES string of the molecule is CC(C)=CCOC(=O)C(=O)c1ccccc1. The first-order valence-electron chi connectivity index (χ1n) is 5.01. The molecule has 16 heavy (non-hydrogen) atoms. The van der Waals surface area contributed by atoms with E-state index >= 15 is 0 Å². The van der Waals surface area contributed by atoms with Crippen molar-refractivity contribution in [1.29, 1.82) is 0 Å². The lowest BCUT2D eigenvalue weighted by Gasteiger charge is -2.01. The van der Waals surface area contributed by atoms with E-state index in [1.54, 1.807) is 36.4 Å². The molecule has 1 rings (SSSR count). The molecule has 0 aliphatic rings. The maximum atomic E-state index is 11.5. The highest BCUT2D eigenvalue weighted by Crippen LogP contribution is 2.01. The summed E-state index contributed by atoms with van der Waals surface area (Å²) in [6, 6.07) is 8.37. The predicted molar refractivity (Wildman–Crippen MR) is 61.2 cm³/mol. The highest BCUT2D eigenvalue weighted by molar-refractivity contribution is 6.40. The van der Waals surface area contributed by atoms with Gasteiger partial charge in [0.25, 0.3) is 5.78 Å². The van der Waals surface area contributed by atoms with Gasteiger partial charge in [0.2, 0.25) is 0 Å². The Bertz CT molecular complexity index is 400. The molecule has 84 valence electrons. The molecule has 0 unspecified atom stereocenters. The van der Waals surface area contributed by atoms with Gasteiger partial charge in [-0.05, 0) is 19.9 Å². The van der Waals surface area contributed by atoms with Crippen molar-refractivity contribution in [3.8, 4) is 0 Å². The van der Waals surface area contributed by atoms with Crippen molar-refractivity contribution in [3.63, 3.8) is 0 Å². The number of benzene rings is 1. The standard InChI is InChI=1S/C13H14O3/c1-10(2)8-9-16-13(15)12(14)11-6-4-3-5-7-11/h3-8H,9H2,1-2H3. The van der Waals surface area contributed by atoms with Gasteiger partial charge in [0.1, 0.15) is 6.61 Å². The summed E-state index contributed by atoms with van der Waals surface area (Å²) in [4.78, 5) is 22.8. The molecule has 0 atom stereocenters. The molecule has 0 saturated heterocycles. The van der Waals surface area contributed by atoms with Crippen molar-refractivity contribution in [2.24, 2.45) is 0 Å². The van der Waals surface area contributed by atoms with E-state index in [0.29, 0.717) is 5.56 Å². The molecule has 0 aromatic heterocycles. The fourth-order valence-electron chi connectivity index (χ4n) is 1.06. The quantitative estimate of drug-likeness (QED) is 0.337. The second-order valence-electron chi connectivity index (χ2n) is 3.58. The van der Waals surface area contributed by atoms with Gasteiger partial charge >= 0.3 is 5.97 Å². The van der Waals surface area contributed by atoms with Gasteiger partial charge in [-0.25, -0.2) is 4.79 Å². The number of ether oxygens (including phenoxy) is 1. The van der Waals surface area contributed by atoms with Crippen molar-refractivity contribution in [2.75, 3.05) is 6.61 Å². The summed E-state index contributed by atoms with van der Waals surface area (Å²) >= 11 is 0. The molecule has 3 heteroatoms. The van der Waals surface area contributed by atoms with Crippen molar-refractivity contribution in [3.05, 3.63) is 47.5 Å². The Morgan fingerprint density at radius 3 is 2.38 bits per heavy atom. The largest absolute Gasteiger partial charge is 0.455 e. The molecular formula is C13H14O3. The minimum Gasteiger partial charge on any atom is -0.455 e. The van der Waals surface area contributed by atoms with Gasteiger partial charge in [-0.2, -0.15) is 0 Å². The molecular weight excluding hydrogens is 204 g/mol. The molecule has 0 fully saturated rings. The molecule has 0 aliphatic heterocycles. The molecule has 1 aromatic carbocycles. The molecule has 0 spiro atoms. The number of rotatable bonds is 4. The van der Waals surface area contributed by atoms with Crippen LogP contribution in [0.1, 0.15) is 24.2 Å². The molecule has 0 radical (unpaired) electrons. The number of carbonyl (C=O) groups is 2. The Morgan fingerprint density at radius 1 is 1.19 bits per heavy atom. The topological polar surface area (TPSA) is 43.4 Å². The average Bonchev–Trinajstić information content (AvgIpc) is 2.28. The second-order valence-corrected chi connectivity index (χ2v) is 3.58. The number of ketones is 1. The van der Waals surface area contributed by atoms with Crippen molar-refractivity contribution >= 4 is 11.8 Å². The van der Waals surface area contributed by atoms with Crippen LogP contribution in [0.15, 0.2) is 42.0 Å². The third-order valence-electron chi connectivity index (χ3n) is 1.93. The maximum absolute atomic E-state index is 11.5. The number of esters is 1. The predicted octanol–water partition coefficient (Wildman–Crippen LogP) is 2.38. The van der Waals surface area contributed by atoms with Gasteiger partial charge in [0, 0.05) is 5.56 Å². The first-order chi connectivity index (χ1) is 7.61. The van der Waals surface area contributed by atoms with Gasteiger partial charge in [-0.15, -0.1) is 0 Å². The first-order valence-corrected chi connectivity index (χ1v) is 5.01. The molecule has 0 N–H and O–H groups in total. The average molecular weight is 218 g/mol. The number of carbonyl (C=O) groups excluding carboxylic acids is 2.